The molecule has 6 aliphatic rings. The number of amidine groups is 3. The molecule has 5 aromatic carbocycles. The molecule has 11 rings (SSSR count). The van der Waals surface area contributed by atoms with Crippen molar-refractivity contribution in [1.82, 2.24) is 10.6 Å². The molecule has 5 unspecified atom stereocenters. The third-order valence-corrected chi connectivity index (χ3v) is 24.2. The van der Waals surface area contributed by atoms with Gasteiger partial charge in [0, 0.05) is 59.4 Å². The molecule has 3 aliphatic heterocycles. The van der Waals surface area contributed by atoms with E-state index >= 15 is 0 Å². The minimum atomic E-state index is -0.751. The lowest BCUT2D eigenvalue weighted by Crippen LogP contribution is -2.50. The molecule has 3 spiro atoms. The lowest BCUT2D eigenvalue weighted by Gasteiger charge is -2.48. The summed E-state index contributed by atoms with van der Waals surface area (Å²) < 4.78 is 47.1. The first-order chi connectivity index (χ1) is 40.5. The van der Waals surface area contributed by atoms with E-state index in [1.807, 2.05) is 75.4 Å². The summed E-state index contributed by atoms with van der Waals surface area (Å²) in [6, 6.07) is 33.4. The lowest BCUT2D eigenvalue weighted by molar-refractivity contribution is 0.0969. The number of carbonyl (C=O) groups excluding carboxylic acids is 2. The van der Waals surface area contributed by atoms with Gasteiger partial charge in [0.25, 0.3) is 11.8 Å². The molecule has 86 heavy (non-hydrogen) atoms. The largest absolute Gasteiger partial charge is 0.378 e. The van der Waals surface area contributed by atoms with Crippen molar-refractivity contribution < 1.29 is 22.8 Å². The van der Waals surface area contributed by atoms with Crippen molar-refractivity contribution in [1.29, 1.82) is 0 Å². The van der Waals surface area contributed by atoms with Gasteiger partial charge >= 0.3 is 0 Å². The maximum absolute atomic E-state index is 14.9. The van der Waals surface area contributed by atoms with Gasteiger partial charge in [-0.2, -0.15) is 0 Å². The van der Waals surface area contributed by atoms with E-state index in [4.69, 9.17) is 38.9 Å². The maximum atomic E-state index is 14.9. The monoisotopic (exact) mass is 1580 g/mol. The van der Waals surface area contributed by atoms with E-state index in [1.165, 1.54) is 50.3 Å². The van der Waals surface area contributed by atoms with Crippen molar-refractivity contribution in [2.75, 3.05) is 5.34 Å². The van der Waals surface area contributed by atoms with Crippen LogP contribution in [-0.4, -0.2) is 50.8 Å². The van der Waals surface area contributed by atoms with Gasteiger partial charge in [0.2, 0.25) is 0 Å². The molecule has 0 aromatic heterocycles. The van der Waals surface area contributed by atoms with E-state index in [1.54, 1.807) is 77.8 Å². The summed E-state index contributed by atoms with van der Waals surface area (Å²) in [6.07, 6.45) is 18.6. The van der Waals surface area contributed by atoms with E-state index in [0.717, 1.165) is 90.5 Å². The van der Waals surface area contributed by atoms with Crippen LogP contribution in [0.15, 0.2) is 144 Å². The number of hydrazine groups is 1. The van der Waals surface area contributed by atoms with Crippen LogP contribution in [0.3, 0.4) is 0 Å². The van der Waals surface area contributed by atoms with Crippen LogP contribution in [0.1, 0.15) is 175 Å². The second-order valence-electron chi connectivity index (χ2n) is 22.8. The van der Waals surface area contributed by atoms with Gasteiger partial charge in [-0.1, -0.05) is 201 Å². The Morgan fingerprint density at radius 1 is 0.558 bits per heavy atom. The van der Waals surface area contributed by atoms with E-state index in [-0.39, 0.29) is 56.3 Å². The highest BCUT2D eigenvalue weighted by molar-refractivity contribution is 14.1. The van der Waals surface area contributed by atoms with Gasteiger partial charge in [-0.25, -0.2) is 13.2 Å². The standard InChI is InChI=1S/C23H23BrFIN2OS.C23H24BrFN2OS.C16H20BrFN2S.CH2Cl2.CH4.H4N2/c1-22(17-13-16(24)10-11-18(17)25)14-23(12-6-5-9-19(23)26)30-21(28-22)27-20(29)15-7-3-2-4-8-15;1-22(18-14-17(24)10-11-19(18)25)15-23(12-6-3-7-13-23)29-21(27-22)26-20(28)16-8-4-2-5-9-16;1-15(12-9-11(17)5-6-13(12)18)10-16(21-14(19)20-15)7-3-2-4-8-16;2-1-3;;1-2/h2-4,7-8,10-11,13,19H,5-6,9,12,14H2,1H3,(H,27,28,29);2,4-5,8-11,14H,3,6-7,12-13,15H2,1H3,(H,26,27,28);5-6,9H,2-4,7-8,10H2,1H3,(H2,19,20);1H2;1H4;1-2H2. The van der Waals surface area contributed by atoms with Crippen LogP contribution < -0.4 is 28.1 Å². The van der Waals surface area contributed by atoms with Crippen molar-refractivity contribution in [2.24, 2.45) is 32.4 Å². The number of hydrogen-bond donors (Lipinski definition) is 5. The average Bonchev–Trinajstić information content (AvgIpc) is 0.819. The minimum absolute atomic E-state index is 0. The van der Waals surface area contributed by atoms with Crippen molar-refractivity contribution in [3.8, 4) is 0 Å². The minimum Gasteiger partial charge on any atom is -0.378 e. The zero-order valence-electron chi connectivity index (χ0n) is 47.8. The second-order valence-corrected chi connectivity index (χ2v) is 32.2. The van der Waals surface area contributed by atoms with Crippen LogP contribution in [0.5, 0.6) is 0 Å². The molecular weight excluding hydrogens is 1500 g/mol. The summed E-state index contributed by atoms with van der Waals surface area (Å²) in [7, 11) is 0. The van der Waals surface area contributed by atoms with Gasteiger partial charge < -0.3 is 16.4 Å². The molecule has 22 heteroatoms. The molecule has 2 amide bonds. The number of nitrogens with one attached hydrogen (secondary N) is 2. The summed E-state index contributed by atoms with van der Waals surface area (Å²) in [5, 5.41) is 8.00. The Hall–Kier alpha value is -2.64. The Bertz CT molecular complexity index is 3210. The number of benzene rings is 5. The highest BCUT2D eigenvalue weighted by Crippen LogP contribution is 2.57. The molecular formula is C64H77Br3Cl2F3IN8O2S3. The molecule has 5 aromatic rings. The summed E-state index contributed by atoms with van der Waals surface area (Å²) in [6.45, 7) is 6.00. The van der Waals surface area contributed by atoms with Gasteiger partial charge in [0.05, 0.1) is 22.0 Å². The predicted octanol–water partition coefficient (Wildman–Crippen LogP) is 19.1. The topological polar surface area (TPSA) is 173 Å². The molecule has 466 valence electrons. The highest BCUT2D eigenvalue weighted by Gasteiger charge is 2.52. The molecule has 3 fully saturated rings. The smallest absolute Gasteiger partial charge is 0.257 e. The molecule has 3 saturated carbocycles. The molecule has 10 nitrogen and oxygen atoms in total. The second kappa shape index (κ2) is 32.6. The third kappa shape index (κ3) is 18.5. The van der Waals surface area contributed by atoms with Crippen LogP contribution in [-0.2, 0) is 16.6 Å². The van der Waals surface area contributed by atoms with Crippen molar-refractivity contribution >= 4 is 156 Å². The summed E-state index contributed by atoms with van der Waals surface area (Å²) in [5.74, 6) is 6.92. The molecule has 5 atom stereocenters. The SMILES string of the molecule is C.CC1(c2cc(Br)ccc2F)CC2(CCCCC2)SC(N)=N1.CC1(c2cc(Br)ccc2F)CC2(CCCCC2)SC(NC(=O)c2ccccc2)=N1.CC1(c2cc(Br)ccc2F)CC2(CCCCC2I)SC(NC(=O)c2ccccc2)=N1.ClCCl.NN. The average molecular weight is 1580 g/mol. The first-order valence-electron chi connectivity index (χ1n) is 28.4. The number of alkyl halides is 3. The molecule has 0 saturated heterocycles. The zero-order chi connectivity index (χ0) is 61.6. The van der Waals surface area contributed by atoms with Crippen LogP contribution >= 0.6 is 129 Å². The number of amides is 2. The lowest BCUT2D eigenvalue weighted by atomic mass is 9.76. The van der Waals surface area contributed by atoms with Crippen molar-refractivity contribution in [3.05, 3.63) is 174 Å². The maximum Gasteiger partial charge on any atom is 0.257 e. The van der Waals surface area contributed by atoms with Gasteiger partial charge in [0.1, 0.15) is 17.5 Å². The number of aliphatic imine (C=N–C) groups is 3. The first-order valence-corrected chi connectivity index (χ1v) is 35.5. The van der Waals surface area contributed by atoms with Crippen LogP contribution in [0.2, 0.25) is 0 Å². The third-order valence-electron chi connectivity index (χ3n) is 16.4. The zero-order valence-corrected chi connectivity index (χ0v) is 58.7. The van der Waals surface area contributed by atoms with Crippen LogP contribution in [0.4, 0.5) is 13.2 Å². The summed E-state index contributed by atoms with van der Waals surface area (Å²) >= 11 is 27.5. The number of thioether (sulfide) groups is 3. The highest BCUT2D eigenvalue weighted by atomic mass is 127. The van der Waals surface area contributed by atoms with Gasteiger partial charge in [0.15, 0.2) is 15.5 Å². The van der Waals surface area contributed by atoms with Gasteiger partial charge in [-0.3, -0.25) is 36.3 Å². The van der Waals surface area contributed by atoms with Crippen molar-refractivity contribution in [2.45, 2.75) is 172 Å². The first kappa shape index (κ1) is 72.4. The Labute approximate surface area is 567 Å². The fourth-order valence-corrected chi connectivity index (χ4v) is 19.9. The molecule has 0 radical (unpaired) electrons. The van der Waals surface area contributed by atoms with E-state index in [2.05, 4.69) is 97.7 Å². The van der Waals surface area contributed by atoms with E-state index in [0.29, 0.717) is 47.2 Å². The fraction of sp³-hybridized carbons (Fsp3) is 0.453. The van der Waals surface area contributed by atoms with E-state index < -0.39 is 16.6 Å². The molecule has 8 N–H and O–H groups in total. The van der Waals surface area contributed by atoms with Crippen LogP contribution in [0.25, 0.3) is 0 Å². The summed E-state index contributed by atoms with van der Waals surface area (Å²) in [5.41, 5.74) is 7.04. The Morgan fingerprint density at radius 2 is 0.919 bits per heavy atom. The summed E-state index contributed by atoms with van der Waals surface area (Å²) in [4.78, 5) is 40.1. The Balaban J connectivity index is 0.000000200. The van der Waals surface area contributed by atoms with Gasteiger partial charge in [-0.15, -0.1) is 23.2 Å². The van der Waals surface area contributed by atoms with Crippen LogP contribution in [0, 0.1) is 17.5 Å². The van der Waals surface area contributed by atoms with E-state index in [9.17, 15) is 22.8 Å². The number of carbonyl (C=O) groups is 2. The Kier molecular flexibility index (Phi) is 27.4. The van der Waals surface area contributed by atoms with Crippen molar-refractivity contribution in [3.63, 3.8) is 0 Å². The quantitative estimate of drug-likeness (QED) is 0.0500. The molecule has 0 bridgehead atoms. The number of nitrogens with zero attached hydrogens (tertiary/aromatic N) is 3. The number of nitrogens with two attached hydrogens (primary N) is 3. The number of hydrogen-bond acceptors (Lipinski definition) is 11. The Morgan fingerprint density at radius 3 is 1.33 bits per heavy atom. The normalized spacial score (nSPS) is 25.2. The number of halogens is 9. The predicted molar refractivity (Wildman–Crippen MR) is 378 cm³/mol. The van der Waals surface area contributed by atoms with Gasteiger partial charge in [-0.05, 0) is 157 Å². The molecule has 3 aliphatic carbocycles. The number of rotatable bonds is 5. The molecule has 3 heterocycles. The fourth-order valence-electron chi connectivity index (χ4n) is 12.7.